The Balaban J connectivity index is 0.00000242. The van der Waals surface area contributed by atoms with Crippen molar-refractivity contribution in [1.82, 2.24) is 4.90 Å². The number of likely N-dealkylation sites (tertiary alicyclic amines) is 1. The summed E-state index contributed by atoms with van der Waals surface area (Å²) in [6, 6.07) is 3.45. The fourth-order valence-electron chi connectivity index (χ4n) is 2.23. The van der Waals surface area contributed by atoms with E-state index in [0.29, 0.717) is 12.5 Å². The van der Waals surface area contributed by atoms with Crippen LogP contribution in [0.1, 0.15) is 19.8 Å². The minimum atomic E-state index is -0.919. The van der Waals surface area contributed by atoms with Gasteiger partial charge in [0.25, 0.3) is 0 Å². The highest BCUT2D eigenvalue weighted by atomic mass is 127. The lowest BCUT2D eigenvalue weighted by molar-refractivity contribution is 0.276. The zero-order valence-corrected chi connectivity index (χ0v) is 14.9. The molecule has 22 heavy (non-hydrogen) atoms. The zero-order chi connectivity index (χ0) is 15.2. The van der Waals surface area contributed by atoms with Gasteiger partial charge in [0, 0.05) is 19.2 Å². The summed E-state index contributed by atoms with van der Waals surface area (Å²) >= 11 is 0. The average molecular weight is 425 g/mol. The van der Waals surface area contributed by atoms with Gasteiger partial charge in [-0.2, -0.15) is 0 Å². The second kappa shape index (κ2) is 9.12. The molecule has 124 valence electrons. The van der Waals surface area contributed by atoms with Crippen molar-refractivity contribution in [2.24, 2.45) is 16.6 Å². The van der Waals surface area contributed by atoms with E-state index in [1.165, 1.54) is 6.07 Å². The molecule has 1 aromatic carbocycles. The van der Waals surface area contributed by atoms with E-state index in [1.807, 2.05) is 0 Å². The number of piperidine rings is 1. The van der Waals surface area contributed by atoms with Gasteiger partial charge in [0.2, 0.25) is 0 Å². The van der Waals surface area contributed by atoms with E-state index in [1.54, 1.807) is 0 Å². The molecule has 0 bridgehead atoms. The van der Waals surface area contributed by atoms with Crippen molar-refractivity contribution in [3.05, 3.63) is 29.8 Å². The maximum absolute atomic E-state index is 13.0. The molecule has 0 atom stereocenters. The van der Waals surface area contributed by atoms with Crippen LogP contribution in [-0.2, 0) is 0 Å². The van der Waals surface area contributed by atoms with Crippen LogP contribution in [-0.4, -0.2) is 37.1 Å². The van der Waals surface area contributed by atoms with Gasteiger partial charge in [-0.3, -0.25) is 0 Å². The summed E-state index contributed by atoms with van der Waals surface area (Å²) in [5.41, 5.74) is 5.93. The van der Waals surface area contributed by atoms with Gasteiger partial charge in [-0.05, 0) is 30.9 Å². The smallest absolute Gasteiger partial charge is 0.191 e. The van der Waals surface area contributed by atoms with E-state index in [0.717, 1.165) is 44.0 Å². The molecule has 1 saturated heterocycles. The lowest BCUT2D eigenvalue weighted by Crippen LogP contribution is -2.42. The number of aliphatic imine (C=N–C) groups is 1. The monoisotopic (exact) mass is 425 g/mol. The summed E-state index contributed by atoms with van der Waals surface area (Å²) in [4.78, 5) is 6.32. The molecule has 0 saturated carbocycles. The van der Waals surface area contributed by atoms with Crippen LogP contribution in [0.3, 0.4) is 0 Å². The van der Waals surface area contributed by atoms with Crippen LogP contribution in [0.5, 0.6) is 5.75 Å². The largest absolute Gasteiger partial charge is 0.492 e. The SMILES string of the molecule is CC1CCN(C(N)=NCCOc2ccc(F)c(F)c2)CC1.I. The second-order valence-electron chi connectivity index (χ2n) is 5.33. The molecular formula is C15H22F2IN3O. The van der Waals surface area contributed by atoms with Crippen molar-refractivity contribution in [2.45, 2.75) is 19.8 Å². The Labute approximate surface area is 146 Å². The van der Waals surface area contributed by atoms with Crippen molar-refractivity contribution in [3.8, 4) is 5.75 Å². The van der Waals surface area contributed by atoms with E-state index >= 15 is 0 Å². The van der Waals surface area contributed by atoms with E-state index in [4.69, 9.17) is 10.5 Å². The molecule has 2 rings (SSSR count). The Morgan fingerprint density at radius 2 is 2.00 bits per heavy atom. The number of hydrogen-bond donors (Lipinski definition) is 1. The fraction of sp³-hybridized carbons (Fsp3) is 0.533. The van der Waals surface area contributed by atoms with Crippen molar-refractivity contribution in [3.63, 3.8) is 0 Å². The Morgan fingerprint density at radius 3 is 2.64 bits per heavy atom. The Morgan fingerprint density at radius 1 is 1.32 bits per heavy atom. The van der Waals surface area contributed by atoms with E-state index in [2.05, 4.69) is 16.8 Å². The second-order valence-corrected chi connectivity index (χ2v) is 5.33. The normalized spacial score (nSPS) is 16.3. The maximum Gasteiger partial charge on any atom is 0.191 e. The summed E-state index contributed by atoms with van der Waals surface area (Å²) in [6.45, 7) is 4.76. The molecule has 0 spiro atoms. The number of nitrogens with two attached hydrogens (primary N) is 1. The summed E-state index contributed by atoms with van der Waals surface area (Å²) in [6.07, 6.45) is 2.25. The van der Waals surface area contributed by atoms with Gasteiger partial charge < -0.3 is 15.4 Å². The standard InChI is InChI=1S/C15H21F2N3O.HI/c1-11-4-7-20(8-5-11)15(18)19-6-9-21-12-2-3-13(16)14(17)10-12;/h2-3,10-11H,4-9H2,1H3,(H2,18,19);1H. The summed E-state index contributed by atoms with van der Waals surface area (Å²) < 4.78 is 31.0. The molecule has 4 nitrogen and oxygen atoms in total. The van der Waals surface area contributed by atoms with Gasteiger partial charge in [0.05, 0.1) is 6.54 Å². The maximum atomic E-state index is 13.0. The summed E-state index contributed by atoms with van der Waals surface area (Å²) in [5, 5.41) is 0. The predicted molar refractivity (Wildman–Crippen MR) is 93.7 cm³/mol. The number of rotatable bonds is 4. The molecule has 1 heterocycles. The molecular weight excluding hydrogens is 403 g/mol. The molecule has 0 unspecified atom stereocenters. The van der Waals surface area contributed by atoms with Gasteiger partial charge in [0.1, 0.15) is 12.4 Å². The zero-order valence-electron chi connectivity index (χ0n) is 12.6. The molecule has 2 N–H and O–H groups in total. The van der Waals surface area contributed by atoms with Gasteiger partial charge >= 0.3 is 0 Å². The summed E-state index contributed by atoms with van der Waals surface area (Å²) in [7, 11) is 0. The van der Waals surface area contributed by atoms with E-state index in [9.17, 15) is 8.78 Å². The lowest BCUT2D eigenvalue weighted by Gasteiger charge is -2.31. The fourth-order valence-corrected chi connectivity index (χ4v) is 2.23. The minimum absolute atomic E-state index is 0. The van der Waals surface area contributed by atoms with Crippen LogP contribution in [0.4, 0.5) is 8.78 Å². The van der Waals surface area contributed by atoms with Crippen molar-refractivity contribution in [1.29, 1.82) is 0 Å². The quantitative estimate of drug-likeness (QED) is 0.349. The minimum Gasteiger partial charge on any atom is -0.492 e. The van der Waals surface area contributed by atoms with Gasteiger partial charge in [-0.25, -0.2) is 13.8 Å². The van der Waals surface area contributed by atoms with Crippen LogP contribution in [0.2, 0.25) is 0 Å². The third-order valence-corrected chi connectivity index (χ3v) is 3.63. The number of guanidine groups is 1. The van der Waals surface area contributed by atoms with E-state index in [-0.39, 0.29) is 36.3 Å². The van der Waals surface area contributed by atoms with Crippen LogP contribution in [0.15, 0.2) is 23.2 Å². The van der Waals surface area contributed by atoms with Gasteiger partial charge in [0.15, 0.2) is 17.6 Å². The highest BCUT2D eigenvalue weighted by Gasteiger charge is 2.16. The first kappa shape index (κ1) is 18.9. The van der Waals surface area contributed by atoms with Crippen molar-refractivity contribution >= 4 is 29.9 Å². The molecule has 1 fully saturated rings. The summed E-state index contributed by atoms with van der Waals surface area (Å²) in [5.74, 6) is -0.252. The Kier molecular flexibility index (Phi) is 7.84. The molecule has 0 amide bonds. The Bertz CT molecular complexity index is 506. The molecule has 1 aliphatic heterocycles. The van der Waals surface area contributed by atoms with Crippen LogP contribution < -0.4 is 10.5 Å². The van der Waals surface area contributed by atoms with Crippen LogP contribution >= 0.6 is 24.0 Å². The average Bonchev–Trinajstić information content (AvgIpc) is 2.47. The highest BCUT2D eigenvalue weighted by Crippen LogP contribution is 2.16. The molecule has 0 aliphatic carbocycles. The first-order valence-corrected chi connectivity index (χ1v) is 7.19. The van der Waals surface area contributed by atoms with Crippen LogP contribution in [0, 0.1) is 17.6 Å². The van der Waals surface area contributed by atoms with E-state index < -0.39 is 11.6 Å². The number of ether oxygens (including phenoxy) is 1. The first-order valence-electron chi connectivity index (χ1n) is 7.19. The van der Waals surface area contributed by atoms with Gasteiger partial charge in [-0.1, -0.05) is 6.92 Å². The number of halogens is 3. The third-order valence-electron chi connectivity index (χ3n) is 3.63. The van der Waals surface area contributed by atoms with Gasteiger partial charge in [-0.15, -0.1) is 24.0 Å². The molecule has 7 heteroatoms. The predicted octanol–water partition coefficient (Wildman–Crippen LogP) is 3.01. The molecule has 1 aromatic rings. The number of benzene rings is 1. The van der Waals surface area contributed by atoms with Crippen molar-refractivity contribution < 1.29 is 13.5 Å². The molecule has 0 radical (unpaired) electrons. The highest BCUT2D eigenvalue weighted by molar-refractivity contribution is 14.0. The topological polar surface area (TPSA) is 50.8 Å². The lowest BCUT2D eigenvalue weighted by atomic mass is 10.00. The number of nitrogens with zero attached hydrogens (tertiary/aromatic N) is 2. The molecule has 1 aliphatic rings. The first-order chi connectivity index (χ1) is 10.1. The van der Waals surface area contributed by atoms with Crippen molar-refractivity contribution in [2.75, 3.05) is 26.2 Å². The molecule has 0 aromatic heterocycles. The van der Waals surface area contributed by atoms with Crippen LogP contribution in [0.25, 0.3) is 0 Å². The third kappa shape index (κ3) is 5.58. The Hall–Kier alpha value is -1.12. The number of hydrogen-bond acceptors (Lipinski definition) is 2.